The van der Waals surface area contributed by atoms with Crippen LogP contribution in [0.3, 0.4) is 0 Å². The molecule has 1 N–H and O–H groups in total. The van der Waals surface area contributed by atoms with Gasteiger partial charge in [0.25, 0.3) is 9.05 Å². The molecule has 0 bridgehead atoms. The Bertz CT molecular complexity index is 477. The van der Waals surface area contributed by atoms with Gasteiger partial charge in [-0.2, -0.15) is 0 Å². The lowest BCUT2D eigenvalue weighted by Gasteiger charge is -2.10. The van der Waals surface area contributed by atoms with E-state index in [1.807, 2.05) is 0 Å². The Balaban J connectivity index is 3.66. The van der Waals surface area contributed by atoms with E-state index in [-0.39, 0.29) is 10.6 Å². The summed E-state index contributed by atoms with van der Waals surface area (Å²) in [5, 5.41) is 9.54. The molecule has 0 radical (unpaired) electrons. The Morgan fingerprint density at radius 2 is 1.71 bits per heavy atom. The van der Waals surface area contributed by atoms with Gasteiger partial charge in [-0.25, -0.2) is 8.42 Å². The van der Waals surface area contributed by atoms with Gasteiger partial charge in [-0.1, -0.05) is 0 Å². The second-order valence-electron chi connectivity index (χ2n) is 3.23. The van der Waals surface area contributed by atoms with Gasteiger partial charge in [-0.05, 0) is 43.5 Å². The van der Waals surface area contributed by atoms with Crippen molar-refractivity contribution in [2.24, 2.45) is 0 Å². The average molecular weight is 235 g/mol. The monoisotopic (exact) mass is 234 g/mol. The molecule has 0 unspecified atom stereocenters. The number of aryl methyl sites for hydroxylation is 1. The van der Waals surface area contributed by atoms with Gasteiger partial charge in [0.1, 0.15) is 5.75 Å². The van der Waals surface area contributed by atoms with Gasteiger partial charge in [0.05, 0.1) is 4.90 Å². The zero-order valence-corrected chi connectivity index (χ0v) is 9.70. The molecule has 0 aliphatic rings. The first-order valence-corrected chi connectivity index (χ1v) is 6.30. The van der Waals surface area contributed by atoms with E-state index in [0.29, 0.717) is 16.7 Å². The number of benzene rings is 1. The van der Waals surface area contributed by atoms with Gasteiger partial charge in [-0.15, -0.1) is 0 Å². The van der Waals surface area contributed by atoms with Gasteiger partial charge < -0.3 is 5.11 Å². The Hall–Kier alpha value is -0.740. The van der Waals surface area contributed by atoms with Gasteiger partial charge >= 0.3 is 0 Å². The summed E-state index contributed by atoms with van der Waals surface area (Å²) >= 11 is 0. The molecule has 1 aromatic rings. The van der Waals surface area contributed by atoms with E-state index in [1.165, 1.54) is 6.07 Å². The minimum absolute atomic E-state index is 0.0620. The highest BCUT2D eigenvalue weighted by Gasteiger charge is 2.18. The van der Waals surface area contributed by atoms with E-state index in [0.717, 1.165) is 0 Å². The highest BCUT2D eigenvalue weighted by atomic mass is 35.7. The number of phenols is 1. The van der Waals surface area contributed by atoms with Crippen molar-refractivity contribution in [3.05, 3.63) is 22.8 Å². The molecule has 1 rings (SSSR count). The maximum Gasteiger partial charge on any atom is 0.261 e. The van der Waals surface area contributed by atoms with E-state index in [1.54, 1.807) is 20.8 Å². The van der Waals surface area contributed by atoms with Crippen LogP contribution in [0.1, 0.15) is 16.7 Å². The Morgan fingerprint density at radius 1 is 1.21 bits per heavy atom. The summed E-state index contributed by atoms with van der Waals surface area (Å²) in [6.45, 7) is 4.90. The van der Waals surface area contributed by atoms with Crippen LogP contribution in [0.25, 0.3) is 0 Å². The van der Waals surface area contributed by atoms with Crippen LogP contribution in [-0.4, -0.2) is 13.5 Å². The Morgan fingerprint density at radius 3 is 2.14 bits per heavy atom. The zero-order valence-electron chi connectivity index (χ0n) is 8.13. The highest BCUT2D eigenvalue weighted by Crippen LogP contribution is 2.31. The third-order valence-electron chi connectivity index (χ3n) is 2.27. The number of hydrogen-bond donors (Lipinski definition) is 1. The summed E-state index contributed by atoms with van der Waals surface area (Å²) < 4.78 is 22.3. The smallest absolute Gasteiger partial charge is 0.261 e. The first-order valence-electron chi connectivity index (χ1n) is 3.99. The fraction of sp³-hybridized carbons (Fsp3) is 0.333. The van der Waals surface area contributed by atoms with Gasteiger partial charge in [-0.3, -0.25) is 0 Å². The van der Waals surface area contributed by atoms with Crippen LogP contribution in [0.4, 0.5) is 0 Å². The van der Waals surface area contributed by atoms with Crippen LogP contribution >= 0.6 is 10.7 Å². The molecule has 3 nitrogen and oxygen atoms in total. The van der Waals surface area contributed by atoms with Crippen LogP contribution in [0.15, 0.2) is 11.0 Å². The molecule has 0 saturated heterocycles. The fourth-order valence-electron chi connectivity index (χ4n) is 1.28. The largest absolute Gasteiger partial charge is 0.507 e. The van der Waals surface area contributed by atoms with Gasteiger partial charge in [0.15, 0.2) is 0 Å². The molecular formula is C9H11ClO3S. The van der Waals surface area contributed by atoms with Crippen molar-refractivity contribution >= 4 is 19.7 Å². The highest BCUT2D eigenvalue weighted by molar-refractivity contribution is 8.13. The second-order valence-corrected chi connectivity index (χ2v) is 5.76. The lowest BCUT2D eigenvalue weighted by molar-refractivity contribution is 0.465. The van der Waals surface area contributed by atoms with Gasteiger partial charge in [0.2, 0.25) is 0 Å². The minimum atomic E-state index is -3.73. The standard InChI is InChI=1S/C9H11ClO3S/c1-5-4-8(14(10,12)13)6(2)7(3)9(5)11/h4,11H,1-3H3. The van der Waals surface area contributed by atoms with Crippen molar-refractivity contribution < 1.29 is 13.5 Å². The third-order valence-corrected chi connectivity index (χ3v) is 3.72. The van der Waals surface area contributed by atoms with Crippen molar-refractivity contribution in [2.75, 3.05) is 0 Å². The first-order chi connectivity index (χ1) is 6.25. The molecule has 5 heteroatoms. The van der Waals surface area contributed by atoms with E-state index in [9.17, 15) is 13.5 Å². The fourth-order valence-corrected chi connectivity index (χ4v) is 2.60. The number of phenolic OH excluding ortho intramolecular Hbond substituents is 1. The number of halogens is 1. The van der Waals surface area contributed by atoms with Crippen LogP contribution in [-0.2, 0) is 9.05 Å². The lowest BCUT2D eigenvalue weighted by atomic mass is 10.1. The summed E-state index contributed by atoms with van der Waals surface area (Å²) in [6, 6.07) is 1.38. The van der Waals surface area contributed by atoms with E-state index in [2.05, 4.69) is 0 Å². The molecule has 0 atom stereocenters. The predicted octanol–water partition coefficient (Wildman–Crippen LogP) is 2.24. The predicted molar refractivity (Wildman–Crippen MR) is 55.4 cm³/mol. The summed E-state index contributed by atoms with van der Waals surface area (Å²) in [5.74, 6) is 0.117. The minimum Gasteiger partial charge on any atom is -0.507 e. The van der Waals surface area contributed by atoms with Crippen LogP contribution < -0.4 is 0 Å². The van der Waals surface area contributed by atoms with E-state index < -0.39 is 9.05 Å². The topological polar surface area (TPSA) is 54.4 Å². The zero-order chi connectivity index (χ0) is 11.1. The van der Waals surface area contributed by atoms with Crippen LogP contribution in [0.5, 0.6) is 5.75 Å². The van der Waals surface area contributed by atoms with Crippen molar-refractivity contribution in [1.29, 1.82) is 0 Å². The molecule has 0 heterocycles. The van der Waals surface area contributed by atoms with E-state index in [4.69, 9.17) is 10.7 Å². The Kier molecular flexibility index (Phi) is 2.78. The average Bonchev–Trinajstić information content (AvgIpc) is 2.06. The molecule has 0 aliphatic heterocycles. The number of aromatic hydroxyl groups is 1. The first kappa shape index (κ1) is 11.3. The molecule has 0 spiro atoms. The van der Waals surface area contributed by atoms with Crippen LogP contribution in [0, 0.1) is 20.8 Å². The maximum absolute atomic E-state index is 11.2. The molecule has 0 saturated carbocycles. The summed E-state index contributed by atoms with van der Waals surface area (Å²) in [6.07, 6.45) is 0. The third kappa shape index (κ3) is 1.86. The summed E-state index contributed by atoms with van der Waals surface area (Å²) in [4.78, 5) is 0.0620. The molecule has 0 aliphatic carbocycles. The van der Waals surface area contributed by atoms with Gasteiger partial charge in [0, 0.05) is 10.7 Å². The van der Waals surface area contributed by atoms with Crippen molar-refractivity contribution in [2.45, 2.75) is 25.7 Å². The summed E-state index contributed by atoms with van der Waals surface area (Å²) in [7, 11) is 1.52. The molecule has 0 aromatic heterocycles. The molecule has 1 aromatic carbocycles. The molecule has 0 fully saturated rings. The quantitative estimate of drug-likeness (QED) is 0.759. The molecule has 0 amide bonds. The maximum atomic E-state index is 11.2. The van der Waals surface area contributed by atoms with Crippen molar-refractivity contribution in [3.63, 3.8) is 0 Å². The molecule has 14 heavy (non-hydrogen) atoms. The molecular weight excluding hydrogens is 224 g/mol. The summed E-state index contributed by atoms with van der Waals surface area (Å²) in [5.41, 5.74) is 1.54. The van der Waals surface area contributed by atoms with E-state index >= 15 is 0 Å². The lowest BCUT2D eigenvalue weighted by Crippen LogP contribution is -1.98. The number of hydrogen-bond acceptors (Lipinski definition) is 3. The molecule has 78 valence electrons. The SMILES string of the molecule is Cc1cc(S(=O)(=O)Cl)c(C)c(C)c1O. The van der Waals surface area contributed by atoms with Crippen LogP contribution in [0.2, 0.25) is 0 Å². The second kappa shape index (κ2) is 3.44. The Labute approximate surface area is 87.8 Å². The number of rotatable bonds is 1. The van der Waals surface area contributed by atoms with Crippen molar-refractivity contribution in [1.82, 2.24) is 0 Å². The van der Waals surface area contributed by atoms with Crippen molar-refractivity contribution in [3.8, 4) is 5.75 Å². The normalized spacial score (nSPS) is 11.7.